The molecule has 0 aliphatic heterocycles. The Morgan fingerprint density at radius 2 is 2.06 bits per heavy atom. The van der Waals surface area contributed by atoms with Crippen LogP contribution in [0.4, 0.5) is 0 Å². The molecule has 0 radical (unpaired) electrons. The van der Waals surface area contributed by atoms with Crippen molar-refractivity contribution in [1.29, 1.82) is 0 Å². The van der Waals surface area contributed by atoms with Gasteiger partial charge in [0.15, 0.2) is 0 Å². The standard InChI is InChI=1S/C15H21NO2/c1-10(2)15(16)14-9-12-8-11(6-7-17-3)4-5-13(12)18-14/h4-5,8-10,15H,6-7,16H2,1-3H3. The van der Waals surface area contributed by atoms with Gasteiger partial charge >= 0.3 is 0 Å². The van der Waals surface area contributed by atoms with E-state index >= 15 is 0 Å². The summed E-state index contributed by atoms with van der Waals surface area (Å²) in [5.41, 5.74) is 8.27. The summed E-state index contributed by atoms with van der Waals surface area (Å²) in [5, 5.41) is 1.12. The lowest BCUT2D eigenvalue weighted by Crippen LogP contribution is -2.15. The molecule has 0 fully saturated rings. The van der Waals surface area contributed by atoms with E-state index in [1.807, 2.05) is 6.07 Å². The molecule has 18 heavy (non-hydrogen) atoms. The van der Waals surface area contributed by atoms with Crippen LogP contribution < -0.4 is 5.73 Å². The number of ether oxygens (including phenoxy) is 1. The van der Waals surface area contributed by atoms with Crippen LogP contribution in [-0.4, -0.2) is 13.7 Å². The van der Waals surface area contributed by atoms with Gasteiger partial charge in [-0.3, -0.25) is 0 Å². The van der Waals surface area contributed by atoms with Gasteiger partial charge in [0.25, 0.3) is 0 Å². The quantitative estimate of drug-likeness (QED) is 0.882. The maximum Gasteiger partial charge on any atom is 0.134 e. The number of benzene rings is 1. The fourth-order valence-electron chi connectivity index (χ4n) is 1.98. The Balaban J connectivity index is 2.28. The van der Waals surface area contributed by atoms with Gasteiger partial charge in [0, 0.05) is 12.5 Å². The van der Waals surface area contributed by atoms with E-state index in [1.165, 1.54) is 5.56 Å². The summed E-state index contributed by atoms with van der Waals surface area (Å²) >= 11 is 0. The van der Waals surface area contributed by atoms with Gasteiger partial charge in [-0.1, -0.05) is 19.9 Å². The van der Waals surface area contributed by atoms with Crippen molar-refractivity contribution in [2.45, 2.75) is 26.3 Å². The van der Waals surface area contributed by atoms with Crippen molar-refractivity contribution in [3.8, 4) is 0 Å². The Hall–Kier alpha value is -1.32. The molecular formula is C15H21NO2. The fourth-order valence-corrected chi connectivity index (χ4v) is 1.98. The molecule has 0 saturated carbocycles. The first kappa shape index (κ1) is 13.1. The largest absolute Gasteiger partial charge is 0.459 e. The van der Waals surface area contributed by atoms with Crippen molar-refractivity contribution >= 4 is 11.0 Å². The highest BCUT2D eigenvalue weighted by Crippen LogP contribution is 2.27. The minimum absolute atomic E-state index is 0.0418. The molecule has 2 aromatic rings. The zero-order chi connectivity index (χ0) is 13.1. The molecule has 0 spiro atoms. The number of fused-ring (bicyclic) bond motifs is 1. The van der Waals surface area contributed by atoms with E-state index in [2.05, 4.69) is 32.0 Å². The smallest absolute Gasteiger partial charge is 0.134 e. The van der Waals surface area contributed by atoms with Crippen LogP contribution in [0.15, 0.2) is 28.7 Å². The van der Waals surface area contributed by atoms with Crippen LogP contribution in [0.25, 0.3) is 11.0 Å². The summed E-state index contributed by atoms with van der Waals surface area (Å²) in [6.45, 7) is 4.94. The number of methoxy groups -OCH3 is 1. The van der Waals surface area contributed by atoms with E-state index in [4.69, 9.17) is 14.9 Å². The third-order valence-electron chi connectivity index (χ3n) is 3.24. The Morgan fingerprint density at radius 3 is 2.72 bits per heavy atom. The Morgan fingerprint density at radius 1 is 1.28 bits per heavy atom. The molecule has 0 aliphatic carbocycles. The van der Waals surface area contributed by atoms with E-state index < -0.39 is 0 Å². The zero-order valence-corrected chi connectivity index (χ0v) is 11.3. The summed E-state index contributed by atoms with van der Waals surface area (Å²) < 4.78 is 10.9. The van der Waals surface area contributed by atoms with Gasteiger partial charge in [-0.25, -0.2) is 0 Å². The predicted octanol–water partition coefficient (Wildman–Crippen LogP) is 3.28. The number of furan rings is 1. The van der Waals surface area contributed by atoms with Crippen LogP contribution in [0.3, 0.4) is 0 Å². The molecule has 3 heteroatoms. The SMILES string of the molecule is COCCc1ccc2oc(C(N)C(C)C)cc2c1. The van der Waals surface area contributed by atoms with Gasteiger partial charge in [-0.15, -0.1) is 0 Å². The Kier molecular flexibility index (Phi) is 4.04. The van der Waals surface area contributed by atoms with Crippen LogP contribution in [0.2, 0.25) is 0 Å². The number of hydrogen-bond donors (Lipinski definition) is 1. The maximum atomic E-state index is 6.11. The molecule has 0 amide bonds. The zero-order valence-electron chi connectivity index (χ0n) is 11.3. The average Bonchev–Trinajstić information content (AvgIpc) is 2.77. The van der Waals surface area contributed by atoms with Gasteiger partial charge in [0.05, 0.1) is 12.6 Å². The lowest BCUT2D eigenvalue weighted by molar-refractivity contribution is 0.202. The molecule has 0 bridgehead atoms. The van der Waals surface area contributed by atoms with E-state index in [0.717, 1.165) is 29.8 Å². The summed E-state index contributed by atoms with van der Waals surface area (Å²) in [5.74, 6) is 1.24. The third kappa shape index (κ3) is 2.74. The highest BCUT2D eigenvalue weighted by atomic mass is 16.5. The highest BCUT2D eigenvalue weighted by molar-refractivity contribution is 5.78. The molecule has 0 saturated heterocycles. The first-order valence-corrected chi connectivity index (χ1v) is 6.38. The van der Waals surface area contributed by atoms with E-state index in [1.54, 1.807) is 7.11 Å². The second-order valence-electron chi connectivity index (χ2n) is 5.03. The first-order valence-electron chi connectivity index (χ1n) is 6.38. The number of rotatable bonds is 5. The van der Waals surface area contributed by atoms with Crippen LogP contribution in [0.5, 0.6) is 0 Å². The molecule has 1 aromatic carbocycles. The van der Waals surface area contributed by atoms with Gasteiger partial charge in [0.1, 0.15) is 11.3 Å². The Bertz CT molecular complexity index is 516. The van der Waals surface area contributed by atoms with Crippen molar-refractivity contribution < 1.29 is 9.15 Å². The lowest BCUT2D eigenvalue weighted by atomic mass is 10.0. The van der Waals surface area contributed by atoms with E-state index in [9.17, 15) is 0 Å². The molecule has 2 N–H and O–H groups in total. The normalized spacial score (nSPS) is 13.4. The summed E-state index contributed by atoms with van der Waals surface area (Å²) in [6.07, 6.45) is 0.920. The lowest BCUT2D eigenvalue weighted by Gasteiger charge is -2.11. The predicted molar refractivity (Wildman–Crippen MR) is 73.6 cm³/mol. The van der Waals surface area contributed by atoms with Crippen molar-refractivity contribution in [2.24, 2.45) is 11.7 Å². The van der Waals surface area contributed by atoms with Crippen molar-refractivity contribution in [2.75, 3.05) is 13.7 Å². The topological polar surface area (TPSA) is 48.4 Å². The summed E-state index contributed by atoms with van der Waals surface area (Å²) in [6, 6.07) is 8.25. The summed E-state index contributed by atoms with van der Waals surface area (Å²) in [7, 11) is 1.72. The van der Waals surface area contributed by atoms with Crippen molar-refractivity contribution in [1.82, 2.24) is 0 Å². The monoisotopic (exact) mass is 247 g/mol. The maximum absolute atomic E-state index is 6.11. The third-order valence-corrected chi connectivity index (χ3v) is 3.24. The minimum Gasteiger partial charge on any atom is -0.459 e. The minimum atomic E-state index is -0.0418. The molecule has 3 nitrogen and oxygen atoms in total. The number of nitrogens with two attached hydrogens (primary N) is 1. The van der Waals surface area contributed by atoms with Gasteiger partial charge < -0.3 is 14.9 Å². The van der Waals surface area contributed by atoms with Gasteiger partial charge in [0.2, 0.25) is 0 Å². The molecule has 0 aliphatic rings. The fraction of sp³-hybridized carbons (Fsp3) is 0.467. The summed E-state index contributed by atoms with van der Waals surface area (Å²) in [4.78, 5) is 0. The van der Waals surface area contributed by atoms with Gasteiger partial charge in [-0.05, 0) is 36.1 Å². The van der Waals surface area contributed by atoms with Crippen LogP contribution in [-0.2, 0) is 11.2 Å². The highest BCUT2D eigenvalue weighted by Gasteiger charge is 2.15. The first-order chi connectivity index (χ1) is 8.61. The molecule has 1 unspecified atom stereocenters. The molecular weight excluding hydrogens is 226 g/mol. The van der Waals surface area contributed by atoms with Crippen molar-refractivity contribution in [3.63, 3.8) is 0 Å². The van der Waals surface area contributed by atoms with Gasteiger partial charge in [-0.2, -0.15) is 0 Å². The Labute approximate surface area is 108 Å². The molecule has 1 atom stereocenters. The van der Waals surface area contributed by atoms with Crippen LogP contribution in [0, 0.1) is 5.92 Å². The second kappa shape index (κ2) is 5.55. The van der Waals surface area contributed by atoms with Crippen LogP contribution >= 0.6 is 0 Å². The van der Waals surface area contributed by atoms with Crippen LogP contribution in [0.1, 0.15) is 31.2 Å². The molecule has 98 valence electrons. The van der Waals surface area contributed by atoms with E-state index in [0.29, 0.717) is 5.92 Å². The van der Waals surface area contributed by atoms with Crippen molar-refractivity contribution in [3.05, 3.63) is 35.6 Å². The van der Waals surface area contributed by atoms with E-state index in [-0.39, 0.29) is 6.04 Å². The molecule has 2 rings (SSSR count). The average molecular weight is 247 g/mol. The second-order valence-corrected chi connectivity index (χ2v) is 5.03. The molecule has 1 heterocycles. The molecule has 1 aromatic heterocycles. The number of hydrogen-bond acceptors (Lipinski definition) is 3.